The Hall–Kier alpha value is -0.610. The van der Waals surface area contributed by atoms with Crippen molar-refractivity contribution in [1.82, 2.24) is 10.2 Å². The quantitative estimate of drug-likeness (QED) is 0.831. The molecule has 1 atom stereocenters. The lowest BCUT2D eigenvalue weighted by atomic mass is 9.95. The fourth-order valence-electron chi connectivity index (χ4n) is 2.79. The van der Waals surface area contributed by atoms with Crippen molar-refractivity contribution in [3.05, 3.63) is 0 Å². The zero-order valence-corrected chi connectivity index (χ0v) is 11.5. The van der Waals surface area contributed by atoms with Gasteiger partial charge in [0, 0.05) is 25.2 Å². The number of carbonyl (C=O) groups excluding carboxylic acids is 1. The summed E-state index contributed by atoms with van der Waals surface area (Å²) < 4.78 is 5.50. The number of hydrogen-bond acceptors (Lipinski definition) is 3. The molecule has 2 aliphatic heterocycles. The van der Waals surface area contributed by atoms with Crippen LogP contribution in [0.15, 0.2) is 0 Å². The predicted octanol–water partition coefficient (Wildman–Crippen LogP) is 1.55. The molecule has 0 radical (unpaired) electrons. The summed E-state index contributed by atoms with van der Waals surface area (Å²) in [6.45, 7) is 6.07. The summed E-state index contributed by atoms with van der Waals surface area (Å²) in [6.07, 6.45) is 7.03. The normalized spacial score (nSPS) is 29.9. The number of likely N-dealkylation sites (tertiary alicyclic amines) is 1. The molecule has 0 aromatic carbocycles. The Morgan fingerprint density at radius 2 is 1.94 bits per heavy atom. The third kappa shape index (κ3) is 3.95. The van der Waals surface area contributed by atoms with Crippen LogP contribution in [0.5, 0.6) is 0 Å². The third-order valence-corrected chi connectivity index (χ3v) is 4.06. The minimum Gasteiger partial charge on any atom is -0.380 e. The first-order valence-electron chi connectivity index (χ1n) is 7.30. The highest BCUT2D eigenvalue weighted by molar-refractivity contribution is 5.78. The zero-order valence-electron chi connectivity index (χ0n) is 11.5. The molecule has 2 saturated heterocycles. The fourth-order valence-corrected chi connectivity index (χ4v) is 2.79. The van der Waals surface area contributed by atoms with Gasteiger partial charge in [-0.3, -0.25) is 4.79 Å². The van der Waals surface area contributed by atoms with Gasteiger partial charge in [-0.25, -0.2) is 0 Å². The summed E-state index contributed by atoms with van der Waals surface area (Å²) in [5, 5.41) is 3.40. The lowest BCUT2D eigenvalue weighted by Crippen LogP contribution is -2.52. The Kier molecular flexibility index (Phi) is 5.01. The molecule has 4 nitrogen and oxygen atoms in total. The molecule has 1 amide bonds. The van der Waals surface area contributed by atoms with E-state index >= 15 is 0 Å². The van der Waals surface area contributed by atoms with Crippen LogP contribution in [0.25, 0.3) is 0 Å². The molecule has 0 aliphatic carbocycles. The summed E-state index contributed by atoms with van der Waals surface area (Å²) >= 11 is 0. The van der Waals surface area contributed by atoms with E-state index in [1.165, 1.54) is 12.8 Å². The van der Waals surface area contributed by atoms with Crippen LogP contribution in [-0.2, 0) is 9.53 Å². The van der Waals surface area contributed by atoms with E-state index in [1.807, 2.05) is 4.90 Å². The van der Waals surface area contributed by atoms with Crippen LogP contribution in [0.4, 0.5) is 0 Å². The molecule has 0 bridgehead atoms. The van der Waals surface area contributed by atoms with Gasteiger partial charge >= 0.3 is 0 Å². The van der Waals surface area contributed by atoms with E-state index < -0.39 is 0 Å². The lowest BCUT2D eigenvalue weighted by molar-refractivity contribution is -0.130. The lowest BCUT2D eigenvalue weighted by Gasteiger charge is -2.35. The standard InChI is InChI=1S/C14H26N2O2/c1-14(7-6-10-18-12-14)15-11-13(17)16-8-4-2-3-5-9-16/h15H,2-12H2,1H3. The first-order chi connectivity index (χ1) is 8.70. The van der Waals surface area contributed by atoms with Crippen molar-refractivity contribution in [3.63, 3.8) is 0 Å². The third-order valence-electron chi connectivity index (χ3n) is 4.06. The highest BCUT2D eigenvalue weighted by atomic mass is 16.5. The van der Waals surface area contributed by atoms with Gasteiger partial charge in [0.2, 0.25) is 5.91 Å². The number of carbonyl (C=O) groups is 1. The van der Waals surface area contributed by atoms with E-state index in [-0.39, 0.29) is 11.4 Å². The Balaban J connectivity index is 1.76. The molecule has 1 unspecified atom stereocenters. The Bertz CT molecular complexity index is 267. The fraction of sp³-hybridized carbons (Fsp3) is 0.929. The monoisotopic (exact) mass is 254 g/mol. The highest BCUT2D eigenvalue weighted by Gasteiger charge is 2.28. The summed E-state index contributed by atoms with van der Waals surface area (Å²) in [5.74, 6) is 0.253. The van der Waals surface area contributed by atoms with Gasteiger partial charge in [0.05, 0.1) is 13.2 Å². The molecule has 18 heavy (non-hydrogen) atoms. The van der Waals surface area contributed by atoms with Crippen molar-refractivity contribution in [2.75, 3.05) is 32.8 Å². The number of hydrogen-bond donors (Lipinski definition) is 1. The number of nitrogens with one attached hydrogen (secondary N) is 1. The molecule has 104 valence electrons. The Morgan fingerprint density at radius 3 is 2.56 bits per heavy atom. The maximum atomic E-state index is 12.2. The Labute approximate surface area is 110 Å². The van der Waals surface area contributed by atoms with Crippen LogP contribution in [0.2, 0.25) is 0 Å². The summed E-state index contributed by atoms with van der Waals surface area (Å²) in [5.41, 5.74) is -0.0141. The van der Waals surface area contributed by atoms with Gasteiger partial charge < -0.3 is 15.0 Å². The Morgan fingerprint density at radius 1 is 1.22 bits per heavy atom. The molecule has 2 aliphatic rings. The van der Waals surface area contributed by atoms with Gasteiger partial charge in [-0.15, -0.1) is 0 Å². The van der Waals surface area contributed by atoms with Crippen molar-refractivity contribution < 1.29 is 9.53 Å². The van der Waals surface area contributed by atoms with Crippen molar-refractivity contribution in [3.8, 4) is 0 Å². The van der Waals surface area contributed by atoms with E-state index in [0.29, 0.717) is 6.54 Å². The summed E-state index contributed by atoms with van der Waals surface area (Å²) in [6, 6.07) is 0. The van der Waals surface area contributed by atoms with Crippen LogP contribution in [-0.4, -0.2) is 49.2 Å². The van der Waals surface area contributed by atoms with Crippen LogP contribution in [0, 0.1) is 0 Å². The molecule has 0 spiro atoms. The molecule has 0 aromatic heterocycles. The second kappa shape index (κ2) is 6.53. The minimum absolute atomic E-state index is 0.0141. The average molecular weight is 254 g/mol. The SMILES string of the molecule is CC1(NCC(=O)N2CCCCCC2)CCCOC1. The van der Waals surface area contributed by atoms with E-state index in [9.17, 15) is 4.79 Å². The van der Waals surface area contributed by atoms with Crippen LogP contribution >= 0.6 is 0 Å². The minimum atomic E-state index is -0.0141. The average Bonchev–Trinajstić information content (AvgIpc) is 2.66. The highest BCUT2D eigenvalue weighted by Crippen LogP contribution is 2.18. The molecule has 2 heterocycles. The van der Waals surface area contributed by atoms with Crippen LogP contribution in [0.1, 0.15) is 45.4 Å². The second-order valence-corrected chi connectivity index (χ2v) is 5.87. The van der Waals surface area contributed by atoms with Gasteiger partial charge in [0.15, 0.2) is 0 Å². The van der Waals surface area contributed by atoms with E-state index in [2.05, 4.69) is 12.2 Å². The second-order valence-electron chi connectivity index (χ2n) is 5.87. The van der Waals surface area contributed by atoms with Gasteiger partial charge in [-0.2, -0.15) is 0 Å². The molecule has 1 N–H and O–H groups in total. The first kappa shape index (κ1) is 13.8. The zero-order chi connectivity index (χ0) is 12.8. The van der Waals surface area contributed by atoms with Crippen molar-refractivity contribution in [1.29, 1.82) is 0 Å². The molecular weight excluding hydrogens is 228 g/mol. The van der Waals surface area contributed by atoms with E-state index in [1.54, 1.807) is 0 Å². The van der Waals surface area contributed by atoms with Crippen LogP contribution < -0.4 is 5.32 Å². The van der Waals surface area contributed by atoms with Crippen molar-refractivity contribution >= 4 is 5.91 Å². The van der Waals surface area contributed by atoms with Crippen molar-refractivity contribution in [2.24, 2.45) is 0 Å². The summed E-state index contributed by atoms with van der Waals surface area (Å²) in [4.78, 5) is 14.2. The number of rotatable bonds is 3. The first-order valence-corrected chi connectivity index (χ1v) is 7.30. The largest absolute Gasteiger partial charge is 0.380 e. The number of ether oxygens (including phenoxy) is 1. The molecule has 2 rings (SSSR count). The molecule has 2 fully saturated rings. The van der Waals surface area contributed by atoms with E-state index in [0.717, 1.165) is 52.0 Å². The van der Waals surface area contributed by atoms with Gasteiger partial charge in [-0.05, 0) is 32.6 Å². The molecule has 4 heteroatoms. The molecule has 0 saturated carbocycles. The molecular formula is C14H26N2O2. The van der Waals surface area contributed by atoms with Crippen LogP contribution in [0.3, 0.4) is 0 Å². The number of amides is 1. The van der Waals surface area contributed by atoms with Crippen molar-refractivity contribution in [2.45, 2.75) is 51.0 Å². The topological polar surface area (TPSA) is 41.6 Å². The van der Waals surface area contributed by atoms with Gasteiger partial charge in [0.1, 0.15) is 0 Å². The van der Waals surface area contributed by atoms with Gasteiger partial charge in [-0.1, -0.05) is 12.8 Å². The maximum absolute atomic E-state index is 12.2. The molecule has 0 aromatic rings. The smallest absolute Gasteiger partial charge is 0.236 e. The predicted molar refractivity (Wildman–Crippen MR) is 71.5 cm³/mol. The number of nitrogens with zero attached hydrogens (tertiary/aromatic N) is 1. The maximum Gasteiger partial charge on any atom is 0.236 e. The van der Waals surface area contributed by atoms with E-state index in [4.69, 9.17) is 4.74 Å². The van der Waals surface area contributed by atoms with Gasteiger partial charge in [0.25, 0.3) is 0 Å². The summed E-state index contributed by atoms with van der Waals surface area (Å²) in [7, 11) is 0.